The number of carbonyl (C=O) groups is 2. The van der Waals surface area contributed by atoms with Crippen LogP contribution in [0.5, 0.6) is 11.5 Å². The van der Waals surface area contributed by atoms with Crippen molar-refractivity contribution in [2.24, 2.45) is 0 Å². The number of rotatable bonds is 4. The summed E-state index contributed by atoms with van der Waals surface area (Å²) in [6, 6.07) is 20.5. The van der Waals surface area contributed by atoms with Crippen LogP contribution >= 0.6 is 0 Å². The van der Waals surface area contributed by atoms with Gasteiger partial charge in [-0.1, -0.05) is 30.3 Å². The average molecular weight is 461 g/mol. The zero-order valence-electron chi connectivity index (χ0n) is 19.1. The van der Waals surface area contributed by atoms with Gasteiger partial charge < -0.3 is 24.8 Å². The molecule has 0 radical (unpaired) electrons. The number of benzene rings is 3. The van der Waals surface area contributed by atoms with E-state index in [2.05, 4.69) is 10.6 Å². The second-order valence-electron chi connectivity index (χ2n) is 7.91. The highest BCUT2D eigenvalue weighted by Crippen LogP contribution is 2.25. The highest BCUT2D eigenvalue weighted by molar-refractivity contribution is 5.95. The van der Waals surface area contributed by atoms with Crippen molar-refractivity contribution in [1.29, 1.82) is 0 Å². The van der Waals surface area contributed by atoms with Gasteiger partial charge >= 0.3 is 0 Å². The number of nitrogens with one attached hydrogen (secondary N) is 2. The van der Waals surface area contributed by atoms with Gasteiger partial charge in [0.15, 0.2) is 0 Å². The molecule has 2 bridgehead atoms. The minimum Gasteiger partial charge on any atom is -0.496 e. The molecule has 0 unspecified atom stereocenters. The third-order valence-corrected chi connectivity index (χ3v) is 5.56. The maximum Gasteiger partial charge on any atom is 0.251 e. The quantitative estimate of drug-likeness (QED) is 0.624. The molecular formula is C27H28N2O5. The van der Waals surface area contributed by atoms with Gasteiger partial charge in [0.1, 0.15) is 18.1 Å². The Bertz CT molecular complexity index is 1160. The van der Waals surface area contributed by atoms with Gasteiger partial charge in [0.05, 0.1) is 20.3 Å². The van der Waals surface area contributed by atoms with E-state index in [-0.39, 0.29) is 11.8 Å². The van der Waals surface area contributed by atoms with Crippen LogP contribution in [0, 0.1) is 0 Å². The minimum absolute atomic E-state index is 0.136. The van der Waals surface area contributed by atoms with Crippen molar-refractivity contribution in [1.82, 2.24) is 10.6 Å². The molecule has 0 saturated heterocycles. The third-order valence-electron chi connectivity index (χ3n) is 5.56. The molecule has 0 aliphatic carbocycles. The topological polar surface area (TPSA) is 85.9 Å². The van der Waals surface area contributed by atoms with E-state index < -0.39 is 0 Å². The van der Waals surface area contributed by atoms with E-state index in [4.69, 9.17) is 14.2 Å². The Balaban J connectivity index is 1.56. The number of ether oxygens (including phenoxy) is 3. The highest BCUT2D eigenvalue weighted by Gasteiger charge is 2.14. The predicted octanol–water partition coefficient (Wildman–Crippen LogP) is 3.35. The molecule has 1 aliphatic rings. The zero-order valence-corrected chi connectivity index (χ0v) is 19.1. The molecule has 7 heteroatoms. The lowest BCUT2D eigenvalue weighted by Gasteiger charge is -2.15. The first-order valence-electron chi connectivity index (χ1n) is 11.2. The Labute approximate surface area is 199 Å². The molecule has 2 N–H and O–H groups in total. The molecule has 34 heavy (non-hydrogen) atoms. The maximum atomic E-state index is 12.9. The van der Waals surface area contributed by atoms with Gasteiger partial charge in [0, 0.05) is 36.2 Å². The van der Waals surface area contributed by atoms with Gasteiger partial charge in [-0.3, -0.25) is 9.59 Å². The van der Waals surface area contributed by atoms with Crippen molar-refractivity contribution >= 4 is 11.8 Å². The van der Waals surface area contributed by atoms with Gasteiger partial charge in [0.25, 0.3) is 11.8 Å². The summed E-state index contributed by atoms with van der Waals surface area (Å²) in [5.74, 6) is 1.09. The summed E-state index contributed by atoms with van der Waals surface area (Å²) >= 11 is 0. The second-order valence-corrected chi connectivity index (χ2v) is 7.91. The smallest absolute Gasteiger partial charge is 0.251 e. The van der Waals surface area contributed by atoms with Crippen LogP contribution in [0.4, 0.5) is 0 Å². The molecule has 1 aliphatic heterocycles. The van der Waals surface area contributed by atoms with Crippen molar-refractivity contribution in [3.63, 3.8) is 0 Å². The van der Waals surface area contributed by atoms with Gasteiger partial charge in [-0.15, -0.1) is 0 Å². The predicted molar refractivity (Wildman–Crippen MR) is 129 cm³/mol. The molecule has 3 aromatic carbocycles. The van der Waals surface area contributed by atoms with Crippen molar-refractivity contribution in [2.75, 3.05) is 33.5 Å². The molecule has 2 amide bonds. The molecule has 3 aromatic rings. The summed E-state index contributed by atoms with van der Waals surface area (Å²) < 4.78 is 16.9. The molecular weight excluding hydrogens is 432 g/mol. The van der Waals surface area contributed by atoms with E-state index in [1.54, 1.807) is 19.2 Å². The molecule has 0 fully saturated rings. The van der Waals surface area contributed by atoms with Crippen molar-refractivity contribution in [3.05, 3.63) is 94.5 Å². The summed E-state index contributed by atoms with van der Waals surface area (Å²) in [4.78, 5) is 25.3. The molecule has 0 spiro atoms. The standard InChI is InChI=1S/C27H28N2O5/c1-32-24-8-3-2-6-22(24)18-29-27(31)21-9-10-25-23(17-21)16-19-5-4-7-20(15-19)26(30)28-11-12-33-13-14-34-25/h2-10,15,17H,11-14,16,18H2,1H3,(H,28,30)(H,29,31). The van der Waals surface area contributed by atoms with Crippen LogP contribution in [0.3, 0.4) is 0 Å². The van der Waals surface area contributed by atoms with Crippen LogP contribution in [0.25, 0.3) is 0 Å². The van der Waals surface area contributed by atoms with Crippen LogP contribution < -0.4 is 20.1 Å². The SMILES string of the molecule is COc1ccccc1CNC(=O)c1ccc2c(c1)Cc1cccc(c1)C(=O)NCCOCCO2. The summed E-state index contributed by atoms with van der Waals surface area (Å²) in [5, 5.41) is 5.82. The van der Waals surface area contributed by atoms with Crippen LogP contribution in [-0.2, 0) is 17.7 Å². The van der Waals surface area contributed by atoms with Crippen LogP contribution in [0.2, 0.25) is 0 Å². The van der Waals surface area contributed by atoms with E-state index in [1.165, 1.54) is 0 Å². The zero-order chi connectivity index (χ0) is 23.8. The lowest BCUT2D eigenvalue weighted by molar-refractivity contribution is 0.0865. The number of carbonyl (C=O) groups excluding carboxylic acids is 2. The first kappa shape index (κ1) is 23.3. The Morgan fingerprint density at radius 1 is 1.03 bits per heavy atom. The fourth-order valence-corrected chi connectivity index (χ4v) is 3.82. The number of para-hydroxylation sites is 1. The lowest BCUT2D eigenvalue weighted by Crippen LogP contribution is -2.28. The van der Waals surface area contributed by atoms with Gasteiger partial charge in [-0.05, 0) is 47.5 Å². The van der Waals surface area contributed by atoms with E-state index in [1.807, 2.05) is 54.6 Å². The van der Waals surface area contributed by atoms with Crippen LogP contribution in [-0.4, -0.2) is 45.3 Å². The van der Waals surface area contributed by atoms with Gasteiger partial charge in [-0.25, -0.2) is 0 Å². The van der Waals surface area contributed by atoms with E-state index in [0.717, 1.165) is 22.4 Å². The van der Waals surface area contributed by atoms with Gasteiger partial charge in [0.2, 0.25) is 0 Å². The number of methoxy groups -OCH3 is 1. The Hall–Kier alpha value is -3.84. The number of amides is 2. The fraction of sp³-hybridized carbons (Fsp3) is 0.259. The normalized spacial score (nSPS) is 14.1. The molecule has 7 nitrogen and oxygen atoms in total. The molecule has 0 aromatic heterocycles. The molecule has 1 heterocycles. The van der Waals surface area contributed by atoms with E-state index in [9.17, 15) is 9.59 Å². The van der Waals surface area contributed by atoms with Crippen LogP contribution in [0.1, 0.15) is 37.4 Å². The van der Waals surface area contributed by atoms with E-state index in [0.29, 0.717) is 56.2 Å². The lowest BCUT2D eigenvalue weighted by atomic mass is 9.99. The molecule has 0 saturated carbocycles. The molecule has 176 valence electrons. The Morgan fingerprint density at radius 2 is 1.91 bits per heavy atom. The monoisotopic (exact) mass is 460 g/mol. The largest absolute Gasteiger partial charge is 0.496 e. The maximum absolute atomic E-state index is 12.9. The minimum atomic E-state index is -0.190. The van der Waals surface area contributed by atoms with Crippen LogP contribution in [0.15, 0.2) is 66.7 Å². The fourth-order valence-electron chi connectivity index (χ4n) is 3.82. The summed E-state index contributed by atoms with van der Waals surface area (Å²) in [7, 11) is 1.61. The highest BCUT2D eigenvalue weighted by atomic mass is 16.5. The third kappa shape index (κ3) is 5.94. The molecule has 0 atom stereocenters. The van der Waals surface area contributed by atoms with Crippen molar-refractivity contribution < 1.29 is 23.8 Å². The average Bonchev–Trinajstić information content (AvgIpc) is 2.87. The number of hydrogen-bond acceptors (Lipinski definition) is 5. The Morgan fingerprint density at radius 3 is 2.79 bits per heavy atom. The first-order chi connectivity index (χ1) is 16.6. The number of hydrogen-bond donors (Lipinski definition) is 2. The first-order valence-corrected chi connectivity index (χ1v) is 11.2. The summed E-state index contributed by atoms with van der Waals surface area (Å²) in [6.07, 6.45) is 0.519. The number of fused-ring (bicyclic) bond motifs is 3. The summed E-state index contributed by atoms with van der Waals surface area (Å²) in [6.45, 7) is 1.98. The van der Waals surface area contributed by atoms with Crippen molar-refractivity contribution in [2.45, 2.75) is 13.0 Å². The second kappa shape index (κ2) is 11.3. The Kier molecular flexibility index (Phi) is 7.78. The van der Waals surface area contributed by atoms with Gasteiger partial charge in [-0.2, -0.15) is 0 Å². The molecule has 4 rings (SSSR count). The van der Waals surface area contributed by atoms with E-state index >= 15 is 0 Å². The van der Waals surface area contributed by atoms with Crippen molar-refractivity contribution in [3.8, 4) is 11.5 Å². The summed E-state index contributed by atoms with van der Waals surface area (Å²) in [5.41, 5.74) is 3.83.